The number of piperidine rings is 1. The SMILES string of the molecule is CC(C)N1CCC(NC(=O)c2cc3ccccc3oc2=O)CC1. The molecule has 1 saturated heterocycles. The number of para-hydroxylation sites is 1. The molecule has 0 bridgehead atoms. The molecule has 0 saturated carbocycles. The molecule has 0 unspecified atom stereocenters. The lowest BCUT2D eigenvalue weighted by molar-refractivity contribution is 0.0897. The molecule has 1 N–H and O–H groups in total. The van der Waals surface area contributed by atoms with Crippen LogP contribution in [0.1, 0.15) is 37.0 Å². The predicted octanol–water partition coefficient (Wildman–Crippen LogP) is 2.40. The van der Waals surface area contributed by atoms with Gasteiger partial charge in [-0.1, -0.05) is 18.2 Å². The molecule has 2 heterocycles. The van der Waals surface area contributed by atoms with Crippen LogP contribution in [0.3, 0.4) is 0 Å². The molecule has 5 heteroatoms. The van der Waals surface area contributed by atoms with E-state index in [1.807, 2.05) is 12.1 Å². The fourth-order valence-corrected chi connectivity index (χ4v) is 3.04. The molecule has 2 aromatic rings. The minimum absolute atomic E-state index is 0.0787. The fraction of sp³-hybridized carbons (Fsp3) is 0.444. The Morgan fingerprint density at radius 2 is 1.96 bits per heavy atom. The lowest BCUT2D eigenvalue weighted by Crippen LogP contribution is -2.47. The summed E-state index contributed by atoms with van der Waals surface area (Å²) in [5.74, 6) is -0.340. The fourth-order valence-electron chi connectivity index (χ4n) is 3.04. The van der Waals surface area contributed by atoms with Gasteiger partial charge in [-0.15, -0.1) is 0 Å². The summed E-state index contributed by atoms with van der Waals surface area (Å²) in [5.41, 5.74) is -0.00454. The second kappa shape index (κ2) is 6.54. The Morgan fingerprint density at radius 1 is 1.26 bits per heavy atom. The Balaban J connectivity index is 1.72. The first-order valence-electron chi connectivity index (χ1n) is 8.12. The minimum atomic E-state index is -0.583. The van der Waals surface area contributed by atoms with Crippen molar-refractivity contribution in [2.75, 3.05) is 13.1 Å². The minimum Gasteiger partial charge on any atom is -0.422 e. The van der Waals surface area contributed by atoms with Gasteiger partial charge >= 0.3 is 5.63 Å². The standard InChI is InChI=1S/C18H22N2O3/c1-12(2)20-9-7-14(8-10-20)19-17(21)15-11-13-5-3-4-6-16(13)23-18(15)22/h3-6,11-12,14H,7-10H2,1-2H3,(H,19,21). The maximum atomic E-state index is 12.4. The number of nitrogens with one attached hydrogen (secondary N) is 1. The molecule has 5 nitrogen and oxygen atoms in total. The van der Waals surface area contributed by atoms with Gasteiger partial charge in [0.05, 0.1) is 0 Å². The Kier molecular flexibility index (Phi) is 4.48. The number of benzene rings is 1. The molecule has 1 amide bonds. The summed E-state index contributed by atoms with van der Waals surface area (Å²) in [4.78, 5) is 26.8. The van der Waals surface area contributed by atoms with Gasteiger partial charge < -0.3 is 14.6 Å². The van der Waals surface area contributed by atoms with Crippen molar-refractivity contribution in [3.05, 3.63) is 46.3 Å². The molecule has 0 aliphatic carbocycles. The zero-order chi connectivity index (χ0) is 16.4. The van der Waals surface area contributed by atoms with Crippen LogP contribution in [0.4, 0.5) is 0 Å². The molecule has 1 aliphatic rings. The van der Waals surface area contributed by atoms with Crippen molar-refractivity contribution in [3.8, 4) is 0 Å². The predicted molar refractivity (Wildman–Crippen MR) is 89.7 cm³/mol. The van der Waals surface area contributed by atoms with Crippen LogP contribution in [0.15, 0.2) is 39.5 Å². The van der Waals surface area contributed by atoms with E-state index in [9.17, 15) is 9.59 Å². The lowest BCUT2D eigenvalue weighted by atomic mass is 10.0. The third-order valence-corrected chi connectivity index (χ3v) is 4.48. The Morgan fingerprint density at radius 3 is 2.65 bits per heavy atom. The summed E-state index contributed by atoms with van der Waals surface area (Å²) in [6, 6.07) is 9.46. The van der Waals surface area contributed by atoms with Gasteiger partial charge in [-0.3, -0.25) is 4.79 Å². The van der Waals surface area contributed by atoms with Crippen LogP contribution in [0, 0.1) is 0 Å². The highest BCUT2D eigenvalue weighted by atomic mass is 16.4. The summed E-state index contributed by atoms with van der Waals surface area (Å²) in [6.07, 6.45) is 1.81. The van der Waals surface area contributed by atoms with Crippen LogP contribution in [0.5, 0.6) is 0 Å². The monoisotopic (exact) mass is 314 g/mol. The highest BCUT2D eigenvalue weighted by Crippen LogP contribution is 2.15. The zero-order valence-corrected chi connectivity index (χ0v) is 13.5. The van der Waals surface area contributed by atoms with E-state index in [-0.39, 0.29) is 17.5 Å². The number of amides is 1. The first-order valence-corrected chi connectivity index (χ1v) is 8.12. The molecule has 1 aromatic heterocycles. The topological polar surface area (TPSA) is 62.6 Å². The normalized spacial score (nSPS) is 16.8. The van der Waals surface area contributed by atoms with Crippen LogP contribution < -0.4 is 10.9 Å². The van der Waals surface area contributed by atoms with E-state index in [1.54, 1.807) is 18.2 Å². The van der Waals surface area contributed by atoms with E-state index in [0.717, 1.165) is 31.3 Å². The van der Waals surface area contributed by atoms with Gasteiger partial charge in [0.1, 0.15) is 11.1 Å². The first kappa shape index (κ1) is 15.7. The largest absolute Gasteiger partial charge is 0.422 e. The molecular weight excluding hydrogens is 292 g/mol. The molecule has 122 valence electrons. The van der Waals surface area contributed by atoms with Crippen LogP contribution in [-0.4, -0.2) is 36.0 Å². The van der Waals surface area contributed by atoms with E-state index >= 15 is 0 Å². The molecule has 0 atom stereocenters. The van der Waals surface area contributed by atoms with Gasteiger partial charge in [-0.2, -0.15) is 0 Å². The average molecular weight is 314 g/mol. The second-order valence-corrected chi connectivity index (χ2v) is 6.36. The lowest BCUT2D eigenvalue weighted by Gasteiger charge is -2.34. The molecule has 1 aliphatic heterocycles. The smallest absolute Gasteiger partial charge is 0.349 e. The average Bonchev–Trinajstić information content (AvgIpc) is 2.54. The van der Waals surface area contributed by atoms with Crippen molar-refractivity contribution >= 4 is 16.9 Å². The number of likely N-dealkylation sites (tertiary alicyclic amines) is 1. The summed E-state index contributed by atoms with van der Waals surface area (Å²) in [7, 11) is 0. The number of rotatable bonds is 3. The van der Waals surface area contributed by atoms with Crippen LogP contribution in [0.2, 0.25) is 0 Å². The molecule has 1 aromatic carbocycles. The number of hydrogen-bond acceptors (Lipinski definition) is 4. The van der Waals surface area contributed by atoms with E-state index in [2.05, 4.69) is 24.1 Å². The number of nitrogens with zero attached hydrogens (tertiary/aromatic N) is 1. The molecule has 0 spiro atoms. The number of carbonyl (C=O) groups is 1. The first-order chi connectivity index (χ1) is 11.0. The van der Waals surface area contributed by atoms with Crippen molar-refractivity contribution < 1.29 is 9.21 Å². The third kappa shape index (κ3) is 3.45. The van der Waals surface area contributed by atoms with Gasteiger partial charge in [-0.05, 0) is 38.8 Å². The summed E-state index contributed by atoms with van der Waals surface area (Å²) in [6.45, 7) is 6.29. The van der Waals surface area contributed by atoms with Crippen LogP contribution in [-0.2, 0) is 0 Å². The number of hydrogen-bond donors (Lipinski definition) is 1. The van der Waals surface area contributed by atoms with Crippen molar-refractivity contribution in [1.82, 2.24) is 10.2 Å². The van der Waals surface area contributed by atoms with Gasteiger partial charge in [0.2, 0.25) is 0 Å². The van der Waals surface area contributed by atoms with Crippen molar-refractivity contribution in [1.29, 1.82) is 0 Å². The maximum absolute atomic E-state index is 12.4. The van der Waals surface area contributed by atoms with E-state index in [1.165, 1.54) is 0 Å². The molecule has 23 heavy (non-hydrogen) atoms. The highest BCUT2D eigenvalue weighted by Gasteiger charge is 2.23. The Bertz CT molecular complexity index is 758. The van der Waals surface area contributed by atoms with Gasteiger partial charge in [-0.25, -0.2) is 4.79 Å². The van der Waals surface area contributed by atoms with Gasteiger partial charge in [0, 0.05) is 30.6 Å². The van der Waals surface area contributed by atoms with Crippen molar-refractivity contribution in [3.63, 3.8) is 0 Å². The summed E-state index contributed by atoms with van der Waals surface area (Å²) < 4.78 is 5.23. The number of carbonyl (C=O) groups excluding carboxylic acids is 1. The second-order valence-electron chi connectivity index (χ2n) is 6.36. The molecule has 1 fully saturated rings. The molecule has 3 rings (SSSR count). The maximum Gasteiger partial charge on any atom is 0.349 e. The van der Waals surface area contributed by atoms with E-state index in [4.69, 9.17) is 4.42 Å². The quantitative estimate of drug-likeness (QED) is 0.884. The van der Waals surface area contributed by atoms with Crippen molar-refractivity contribution in [2.24, 2.45) is 0 Å². The molecular formula is C18H22N2O3. The van der Waals surface area contributed by atoms with E-state index in [0.29, 0.717) is 11.6 Å². The van der Waals surface area contributed by atoms with Crippen molar-refractivity contribution in [2.45, 2.75) is 38.8 Å². The summed E-state index contributed by atoms with van der Waals surface area (Å²) in [5, 5.41) is 3.73. The Labute approximate surface area is 135 Å². The summed E-state index contributed by atoms with van der Waals surface area (Å²) >= 11 is 0. The van der Waals surface area contributed by atoms with Crippen LogP contribution >= 0.6 is 0 Å². The van der Waals surface area contributed by atoms with Crippen LogP contribution in [0.25, 0.3) is 11.0 Å². The van der Waals surface area contributed by atoms with Gasteiger partial charge in [0.15, 0.2) is 0 Å². The molecule has 0 radical (unpaired) electrons. The number of fused-ring (bicyclic) bond motifs is 1. The third-order valence-electron chi connectivity index (χ3n) is 4.48. The highest BCUT2D eigenvalue weighted by molar-refractivity contribution is 5.96. The Hall–Kier alpha value is -2.14. The zero-order valence-electron chi connectivity index (χ0n) is 13.5. The van der Waals surface area contributed by atoms with Gasteiger partial charge in [0.25, 0.3) is 5.91 Å². The van der Waals surface area contributed by atoms with E-state index < -0.39 is 5.63 Å².